The van der Waals surface area contributed by atoms with E-state index in [1.807, 2.05) is 0 Å². The Kier molecular flexibility index (Phi) is 4.56. The van der Waals surface area contributed by atoms with E-state index in [9.17, 15) is 0 Å². The van der Waals surface area contributed by atoms with Crippen LogP contribution in [-0.2, 0) is 0 Å². The van der Waals surface area contributed by atoms with Gasteiger partial charge >= 0.3 is 0 Å². The highest BCUT2D eigenvalue weighted by Gasteiger charge is 2.32. The molecule has 0 saturated heterocycles. The molecule has 102 valence electrons. The molecule has 0 aliphatic heterocycles. The van der Waals surface area contributed by atoms with Crippen molar-refractivity contribution in [2.24, 2.45) is 23.0 Å². The molecule has 1 aliphatic rings. The summed E-state index contributed by atoms with van der Waals surface area (Å²) in [7, 11) is 0. The Morgan fingerprint density at radius 3 is 2.33 bits per heavy atom. The summed E-state index contributed by atoms with van der Waals surface area (Å²) in [5.41, 5.74) is 6.91. The molecule has 1 aromatic rings. The fraction of sp³-hybridized carbons (Fsp3) is 0.733. The second kappa shape index (κ2) is 5.64. The third-order valence-electron chi connectivity index (χ3n) is 4.45. The summed E-state index contributed by atoms with van der Waals surface area (Å²) in [6, 6.07) is 2.33. The van der Waals surface area contributed by atoms with Crippen LogP contribution in [0.4, 0.5) is 0 Å². The highest BCUT2D eigenvalue weighted by atomic mass is 79.9. The van der Waals surface area contributed by atoms with Gasteiger partial charge in [-0.05, 0) is 70.3 Å². The minimum atomic E-state index is 0.222. The van der Waals surface area contributed by atoms with Gasteiger partial charge in [0.15, 0.2) is 0 Å². The number of hydrogen-bond acceptors (Lipinski definition) is 2. The number of thiophene rings is 1. The van der Waals surface area contributed by atoms with Crippen LogP contribution in [0, 0.1) is 17.3 Å². The first-order valence-corrected chi connectivity index (χ1v) is 8.55. The molecule has 0 aromatic carbocycles. The Balaban J connectivity index is 1.96. The van der Waals surface area contributed by atoms with Crippen molar-refractivity contribution in [2.75, 3.05) is 0 Å². The maximum absolute atomic E-state index is 6.45. The first-order chi connectivity index (χ1) is 8.39. The van der Waals surface area contributed by atoms with E-state index >= 15 is 0 Å². The monoisotopic (exact) mass is 329 g/mol. The van der Waals surface area contributed by atoms with Crippen molar-refractivity contribution < 1.29 is 0 Å². The smallest absolute Gasteiger partial charge is 0.0429 e. The van der Waals surface area contributed by atoms with Crippen LogP contribution < -0.4 is 5.73 Å². The van der Waals surface area contributed by atoms with E-state index in [4.69, 9.17) is 5.73 Å². The highest BCUT2D eigenvalue weighted by Crippen LogP contribution is 2.44. The van der Waals surface area contributed by atoms with Gasteiger partial charge < -0.3 is 5.73 Å². The van der Waals surface area contributed by atoms with Crippen molar-refractivity contribution in [2.45, 2.75) is 52.5 Å². The molecular formula is C15H24BrNS. The predicted octanol–water partition coefficient (Wildman–Crippen LogP) is 5.36. The predicted molar refractivity (Wildman–Crippen MR) is 83.9 cm³/mol. The Hall–Kier alpha value is 0.140. The van der Waals surface area contributed by atoms with Crippen LogP contribution in [-0.4, -0.2) is 0 Å². The van der Waals surface area contributed by atoms with Gasteiger partial charge in [-0.3, -0.25) is 0 Å². The first-order valence-electron chi connectivity index (χ1n) is 6.88. The molecule has 1 nitrogen and oxygen atoms in total. The zero-order chi connectivity index (χ0) is 13.3. The SMILES string of the molecule is CC(C)(C)C1CCC(C(N)c2sccc2Br)CC1. The molecule has 0 bridgehead atoms. The Morgan fingerprint density at radius 2 is 1.89 bits per heavy atom. The summed E-state index contributed by atoms with van der Waals surface area (Å²) < 4.78 is 1.19. The molecule has 2 rings (SSSR count). The van der Waals surface area contributed by atoms with Crippen LogP contribution in [0.1, 0.15) is 57.4 Å². The third kappa shape index (κ3) is 3.17. The molecule has 0 spiro atoms. The van der Waals surface area contributed by atoms with Gasteiger partial charge in [-0.15, -0.1) is 11.3 Å². The molecule has 2 N–H and O–H groups in total. The second-order valence-electron chi connectivity index (χ2n) is 6.64. The van der Waals surface area contributed by atoms with Gasteiger partial charge in [0.25, 0.3) is 0 Å². The molecule has 1 atom stereocenters. The van der Waals surface area contributed by atoms with E-state index < -0.39 is 0 Å². The molecule has 1 aliphatic carbocycles. The summed E-state index contributed by atoms with van der Waals surface area (Å²) in [6.07, 6.45) is 5.25. The minimum Gasteiger partial charge on any atom is -0.323 e. The highest BCUT2D eigenvalue weighted by molar-refractivity contribution is 9.10. The van der Waals surface area contributed by atoms with Crippen molar-refractivity contribution in [1.29, 1.82) is 0 Å². The van der Waals surface area contributed by atoms with E-state index in [1.165, 1.54) is 35.0 Å². The molecule has 1 aromatic heterocycles. The lowest BCUT2D eigenvalue weighted by Gasteiger charge is -2.38. The topological polar surface area (TPSA) is 26.0 Å². The van der Waals surface area contributed by atoms with Gasteiger partial charge in [0.05, 0.1) is 0 Å². The van der Waals surface area contributed by atoms with E-state index in [0.717, 1.165) is 5.92 Å². The van der Waals surface area contributed by atoms with Crippen LogP contribution >= 0.6 is 27.3 Å². The van der Waals surface area contributed by atoms with Crippen LogP contribution in [0.5, 0.6) is 0 Å². The van der Waals surface area contributed by atoms with Gasteiger partial charge in [-0.2, -0.15) is 0 Å². The molecule has 0 radical (unpaired) electrons. The Labute approximate surface area is 123 Å². The normalized spacial score (nSPS) is 27.2. The minimum absolute atomic E-state index is 0.222. The molecule has 3 heteroatoms. The molecule has 18 heavy (non-hydrogen) atoms. The zero-order valence-corrected chi connectivity index (χ0v) is 14.0. The van der Waals surface area contributed by atoms with E-state index in [0.29, 0.717) is 11.3 Å². The lowest BCUT2D eigenvalue weighted by Crippen LogP contribution is -2.30. The van der Waals surface area contributed by atoms with Crippen molar-refractivity contribution in [3.05, 3.63) is 20.8 Å². The molecule has 1 unspecified atom stereocenters. The fourth-order valence-corrected chi connectivity index (χ4v) is 4.83. The van der Waals surface area contributed by atoms with Crippen molar-refractivity contribution >= 4 is 27.3 Å². The quantitative estimate of drug-likeness (QED) is 0.776. The van der Waals surface area contributed by atoms with Gasteiger partial charge in [0, 0.05) is 15.4 Å². The maximum Gasteiger partial charge on any atom is 0.0429 e. The number of halogens is 1. The average molecular weight is 330 g/mol. The van der Waals surface area contributed by atoms with Crippen LogP contribution in [0.2, 0.25) is 0 Å². The van der Waals surface area contributed by atoms with Gasteiger partial charge in [-0.25, -0.2) is 0 Å². The number of nitrogens with two attached hydrogens (primary N) is 1. The van der Waals surface area contributed by atoms with Crippen molar-refractivity contribution in [3.63, 3.8) is 0 Å². The largest absolute Gasteiger partial charge is 0.323 e. The summed E-state index contributed by atoms with van der Waals surface area (Å²) in [5.74, 6) is 1.53. The fourth-order valence-electron chi connectivity index (χ4n) is 3.10. The summed E-state index contributed by atoms with van der Waals surface area (Å²) in [5, 5.41) is 2.13. The first kappa shape index (κ1) is 14.5. The van der Waals surface area contributed by atoms with E-state index in [1.54, 1.807) is 11.3 Å². The van der Waals surface area contributed by atoms with Gasteiger partial charge in [-0.1, -0.05) is 20.8 Å². The molecule has 0 amide bonds. The molecular weight excluding hydrogens is 306 g/mol. The zero-order valence-electron chi connectivity index (χ0n) is 11.6. The summed E-state index contributed by atoms with van der Waals surface area (Å²) in [4.78, 5) is 1.33. The van der Waals surface area contributed by atoms with E-state index in [2.05, 4.69) is 48.1 Å². The van der Waals surface area contributed by atoms with Crippen LogP contribution in [0.25, 0.3) is 0 Å². The van der Waals surface area contributed by atoms with Crippen LogP contribution in [0.3, 0.4) is 0 Å². The van der Waals surface area contributed by atoms with Crippen LogP contribution in [0.15, 0.2) is 15.9 Å². The maximum atomic E-state index is 6.45. The van der Waals surface area contributed by atoms with E-state index in [-0.39, 0.29) is 6.04 Å². The standard InChI is InChI=1S/C15H24BrNS/c1-15(2,3)11-6-4-10(5-7-11)13(17)14-12(16)8-9-18-14/h8-11,13H,4-7,17H2,1-3H3. The third-order valence-corrected chi connectivity index (χ3v) is 6.42. The second-order valence-corrected chi connectivity index (χ2v) is 8.44. The van der Waals surface area contributed by atoms with Crippen molar-refractivity contribution in [1.82, 2.24) is 0 Å². The number of rotatable bonds is 2. The van der Waals surface area contributed by atoms with Gasteiger partial charge in [0.1, 0.15) is 0 Å². The molecule has 1 saturated carbocycles. The Morgan fingerprint density at radius 1 is 1.28 bits per heavy atom. The Bertz CT molecular complexity index is 385. The summed E-state index contributed by atoms with van der Waals surface area (Å²) in [6.45, 7) is 7.11. The molecule has 1 heterocycles. The van der Waals surface area contributed by atoms with Crippen molar-refractivity contribution in [3.8, 4) is 0 Å². The lowest BCUT2D eigenvalue weighted by atomic mass is 9.68. The average Bonchev–Trinajstić information content (AvgIpc) is 2.73. The number of hydrogen-bond donors (Lipinski definition) is 1. The lowest BCUT2D eigenvalue weighted by molar-refractivity contribution is 0.140. The molecule has 1 fully saturated rings. The summed E-state index contributed by atoms with van der Waals surface area (Å²) >= 11 is 5.39. The van der Waals surface area contributed by atoms with Gasteiger partial charge in [0.2, 0.25) is 0 Å².